The molecule has 0 aliphatic carbocycles. The van der Waals surface area contributed by atoms with Crippen LogP contribution >= 0.6 is 11.3 Å². The van der Waals surface area contributed by atoms with Gasteiger partial charge in [-0.3, -0.25) is 19.5 Å². The minimum atomic E-state index is -0.370. The number of hydrogen-bond acceptors (Lipinski definition) is 6. The average Bonchev–Trinajstić information content (AvgIpc) is 3.32. The molecule has 2 aromatic heterocycles. The van der Waals surface area contributed by atoms with Gasteiger partial charge in [-0.1, -0.05) is 18.2 Å². The second-order valence-corrected chi connectivity index (χ2v) is 7.56. The summed E-state index contributed by atoms with van der Waals surface area (Å²) in [5.41, 5.74) is 3.06. The molecule has 0 bridgehead atoms. The molecule has 0 fully saturated rings. The molecular weight excluding hydrogens is 386 g/mol. The number of rotatable bonds is 6. The van der Waals surface area contributed by atoms with Crippen LogP contribution in [0, 0.1) is 6.92 Å². The molecule has 1 aliphatic heterocycles. The number of anilines is 1. The summed E-state index contributed by atoms with van der Waals surface area (Å²) in [5, 5.41) is 5.05. The summed E-state index contributed by atoms with van der Waals surface area (Å²) in [5.74, 6) is -0.0965. The lowest BCUT2D eigenvalue weighted by atomic mass is 10.1. The van der Waals surface area contributed by atoms with Gasteiger partial charge in [0.25, 0.3) is 11.8 Å². The van der Waals surface area contributed by atoms with Crippen LogP contribution in [0.3, 0.4) is 0 Å². The summed E-state index contributed by atoms with van der Waals surface area (Å²) in [6, 6.07) is 13.0. The van der Waals surface area contributed by atoms with E-state index in [0.29, 0.717) is 17.0 Å². The molecule has 4 rings (SSSR count). The highest BCUT2D eigenvalue weighted by molar-refractivity contribution is 7.11. The normalized spacial score (nSPS) is 13.9. The summed E-state index contributed by atoms with van der Waals surface area (Å²) in [6.45, 7) is 2.12. The van der Waals surface area contributed by atoms with Crippen LogP contribution in [-0.4, -0.2) is 28.8 Å². The van der Waals surface area contributed by atoms with Crippen LogP contribution in [0.15, 0.2) is 65.9 Å². The van der Waals surface area contributed by atoms with Crippen molar-refractivity contribution in [3.63, 3.8) is 0 Å². The van der Waals surface area contributed by atoms with Gasteiger partial charge in [0.2, 0.25) is 0 Å². The zero-order chi connectivity index (χ0) is 20.4. The highest BCUT2D eigenvalue weighted by Gasteiger charge is 2.40. The molecule has 0 saturated carbocycles. The quantitative estimate of drug-likeness (QED) is 0.631. The fraction of sp³-hybridized carbons (Fsp3) is 0.136. The second-order valence-electron chi connectivity index (χ2n) is 6.61. The first-order valence-electron chi connectivity index (χ1n) is 9.03. The highest BCUT2D eigenvalue weighted by Crippen LogP contribution is 2.35. The fourth-order valence-corrected chi connectivity index (χ4v) is 3.98. The number of nitrogens with one attached hydrogen (secondary N) is 1. The van der Waals surface area contributed by atoms with Gasteiger partial charge in [0.05, 0.1) is 24.9 Å². The molecule has 1 aromatic carbocycles. The largest absolute Gasteiger partial charge is 0.495 e. The van der Waals surface area contributed by atoms with Crippen LogP contribution in [-0.2, 0) is 16.1 Å². The molecule has 1 N–H and O–H groups in total. The molecule has 146 valence electrons. The van der Waals surface area contributed by atoms with E-state index in [4.69, 9.17) is 4.74 Å². The van der Waals surface area contributed by atoms with Crippen LogP contribution in [0.1, 0.15) is 16.0 Å². The molecule has 3 heterocycles. The van der Waals surface area contributed by atoms with E-state index in [2.05, 4.69) is 10.3 Å². The number of aryl methyl sites for hydroxylation is 1. The lowest BCUT2D eigenvalue weighted by Gasteiger charge is -2.16. The van der Waals surface area contributed by atoms with Gasteiger partial charge >= 0.3 is 0 Å². The molecule has 3 aromatic rings. The topological polar surface area (TPSA) is 71.5 Å². The van der Waals surface area contributed by atoms with Crippen molar-refractivity contribution < 1.29 is 14.3 Å². The first-order chi connectivity index (χ1) is 14.1. The van der Waals surface area contributed by atoms with Crippen LogP contribution in [0.4, 0.5) is 5.69 Å². The molecule has 0 atom stereocenters. The molecule has 0 radical (unpaired) electrons. The van der Waals surface area contributed by atoms with E-state index in [1.807, 2.05) is 48.7 Å². The Kier molecular flexibility index (Phi) is 5.14. The predicted molar refractivity (Wildman–Crippen MR) is 112 cm³/mol. The summed E-state index contributed by atoms with van der Waals surface area (Å²) in [6.07, 6.45) is 3.31. The Morgan fingerprint density at radius 2 is 2.00 bits per heavy atom. The number of amides is 2. The number of imide groups is 1. The molecule has 0 spiro atoms. The Labute approximate surface area is 172 Å². The van der Waals surface area contributed by atoms with E-state index in [-0.39, 0.29) is 24.1 Å². The third kappa shape index (κ3) is 3.64. The number of ether oxygens (including phenoxy) is 1. The summed E-state index contributed by atoms with van der Waals surface area (Å²) >= 11 is 1.42. The van der Waals surface area contributed by atoms with Crippen LogP contribution in [0.2, 0.25) is 0 Å². The number of nitrogens with zero attached hydrogens (tertiary/aromatic N) is 2. The highest BCUT2D eigenvalue weighted by atomic mass is 32.1. The third-order valence-corrected chi connectivity index (χ3v) is 5.50. The van der Waals surface area contributed by atoms with E-state index < -0.39 is 0 Å². The van der Waals surface area contributed by atoms with Gasteiger partial charge in [-0.05, 0) is 47.7 Å². The van der Waals surface area contributed by atoms with Crippen molar-refractivity contribution >= 4 is 34.4 Å². The van der Waals surface area contributed by atoms with Crippen molar-refractivity contribution in [2.75, 3.05) is 12.4 Å². The van der Waals surface area contributed by atoms with Crippen molar-refractivity contribution in [2.24, 2.45) is 0 Å². The maximum atomic E-state index is 13.2. The molecule has 0 saturated heterocycles. The third-order valence-electron chi connectivity index (χ3n) is 4.61. The van der Waals surface area contributed by atoms with Crippen molar-refractivity contribution in [2.45, 2.75) is 13.5 Å². The Hall–Kier alpha value is -3.45. The monoisotopic (exact) mass is 405 g/mol. The Bertz CT molecular complexity index is 1090. The predicted octanol–water partition coefficient (Wildman–Crippen LogP) is 3.85. The fourth-order valence-electron chi connectivity index (χ4n) is 3.21. The zero-order valence-electron chi connectivity index (χ0n) is 16.0. The van der Waals surface area contributed by atoms with Crippen LogP contribution in [0.25, 0.3) is 5.57 Å². The van der Waals surface area contributed by atoms with Crippen molar-refractivity contribution in [1.82, 2.24) is 9.88 Å². The van der Waals surface area contributed by atoms with Crippen molar-refractivity contribution in [1.29, 1.82) is 0 Å². The van der Waals surface area contributed by atoms with E-state index >= 15 is 0 Å². The lowest BCUT2D eigenvalue weighted by molar-refractivity contribution is -0.137. The van der Waals surface area contributed by atoms with Gasteiger partial charge in [0.15, 0.2) is 0 Å². The van der Waals surface area contributed by atoms with E-state index in [9.17, 15) is 9.59 Å². The van der Waals surface area contributed by atoms with Crippen molar-refractivity contribution in [3.8, 4) is 5.75 Å². The van der Waals surface area contributed by atoms with Gasteiger partial charge in [-0.25, -0.2) is 0 Å². The number of benzene rings is 1. The maximum absolute atomic E-state index is 13.2. The SMILES string of the molecule is COc1ccc(C)cc1NC1=C(c2cccs2)C(=O)N(Cc2cccnc2)C1=O. The number of carbonyl (C=O) groups excluding carboxylic acids is 2. The Balaban J connectivity index is 1.75. The Morgan fingerprint density at radius 3 is 2.69 bits per heavy atom. The molecule has 0 unspecified atom stereocenters. The van der Waals surface area contributed by atoms with Crippen LogP contribution < -0.4 is 10.1 Å². The molecule has 6 nitrogen and oxygen atoms in total. The van der Waals surface area contributed by atoms with E-state index in [1.54, 1.807) is 25.6 Å². The number of methoxy groups -OCH3 is 1. The smallest absolute Gasteiger partial charge is 0.278 e. The zero-order valence-corrected chi connectivity index (χ0v) is 16.8. The average molecular weight is 405 g/mol. The van der Waals surface area contributed by atoms with Crippen molar-refractivity contribution in [3.05, 3.63) is 81.9 Å². The summed E-state index contributed by atoms with van der Waals surface area (Å²) in [7, 11) is 1.57. The van der Waals surface area contributed by atoms with Gasteiger partial charge < -0.3 is 10.1 Å². The van der Waals surface area contributed by atoms with Gasteiger partial charge in [0.1, 0.15) is 11.4 Å². The number of thiophene rings is 1. The number of hydrogen-bond donors (Lipinski definition) is 1. The van der Waals surface area contributed by atoms with Gasteiger partial charge in [-0.15, -0.1) is 11.3 Å². The number of carbonyl (C=O) groups is 2. The summed E-state index contributed by atoms with van der Waals surface area (Å²) in [4.78, 5) is 32.5. The maximum Gasteiger partial charge on any atom is 0.278 e. The number of aromatic nitrogens is 1. The van der Waals surface area contributed by atoms with Crippen LogP contribution in [0.5, 0.6) is 5.75 Å². The standard InChI is InChI=1S/C22H19N3O3S/c1-14-7-8-17(28-2)16(11-14)24-20-19(18-6-4-10-29-18)21(26)25(22(20)27)13-15-5-3-9-23-12-15/h3-12,24H,13H2,1-2H3. The summed E-state index contributed by atoms with van der Waals surface area (Å²) < 4.78 is 5.42. The molecule has 1 aliphatic rings. The minimum absolute atomic E-state index is 0.163. The molecule has 29 heavy (non-hydrogen) atoms. The van der Waals surface area contributed by atoms with Gasteiger partial charge in [-0.2, -0.15) is 0 Å². The lowest BCUT2D eigenvalue weighted by Crippen LogP contribution is -2.32. The second kappa shape index (κ2) is 7.89. The first-order valence-corrected chi connectivity index (χ1v) is 9.91. The minimum Gasteiger partial charge on any atom is -0.495 e. The molecule has 2 amide bonds. The van der Waals surface area contributed by atoms with E-state index in [0.717, 1.165) is 16.0 Å². The van der Waals surface area contributed by atoms with Gasteiger partial charge in [0, 0.05) is 17.3 Å². The Morgan fingerprint density at radius 1 is 1.14 bits per heavy atom. The molecule has 7 heteroatoms. The molecular formula is C22H19N3O3S. The number of pyridine rings is 1. The van der Waals surface area contributed by atoms with E-state index in [1.165, 1.54) is 16.2 Å². The first kappa shape index (κ1) is 18.9.